The lowest BCUT2D eigenvalue weighted by Crippen LogP contribution is -2.45. The number of carbonyl (C=O) groups is 1. The van der Waals surface area contributed by atoms with Gasteiger partial charge in [0.15, 0.2) is 0 Å². The zero-order chi connectivity index (χ0) is 19.1. The molecule has 1 saturated heterocycles. The molecule has 7 nitrogen and oxygen atoms in total. The second kappa shape index (κ2) is 6.58. The van der Waals surface area contributed by atoms with Crippen LogP contribution in [0.4, 0.5) is 6.01 Å². The van der Waals surface area contributed by atoms with Crippen LogP contribution in [-0.2, 0) is 4.79 Å². The van der Waals surface area contributed by atoms with Gasteiger partial charge in [-0.2, -0.15) is 0 Å². The summed E-state index contributed by atoms with van der Waals surface area (Å²) in [7, 11) is 0. The van der Waals surface area contributed by atoms with Crippen molar-refractivity contribution in [3.05, 3.63) is 36.7 Å². The molecule has 1 saturated carbocycles. The van der Waals surface area contributed by atoms with E-state index in [0.29, 0.717) is 11.3 Å². The smallest absolute Gasteiger partial charge is 0.316 e. The fraction of sp³-hybridized carbons (Fsp3) is 0.429. The highest BCUT2D eigenvalue weighted by Gasteiger charge is 2.45. The van der Waals surface area contributed by atoms with Crippen molar-refractivity contribution in [2.45, 2.75) is 38.6 Å². The number of fused-ring (bicyclic) bond motifs is 1. The van der Waals surface area contributed by atoms with Crippen LogP contribution < -0.4 is 5.32 Å². The Bertz CT molecular complexity index is 1020. The predicted molar refractivity (Wildman–Crippen MR) is 106 cm³/mol. The Kier molecular flexibility index (Phi) is 4.03. The Morgan fingerprint density at radius 3 is 2.75 bits per heavy atom. The lowest BCUT2D eigenvalue weighted by molar-refractivity contribution is -0.133. The molecule has 1 atom stereocenters. The van der Waals surface area contributed by atoms with Gasteiger partial charge in [-0.1, -0.05) is 11.2 Å². The molecule has 3 heterocycles. The van der Waals surface area contributed by atoms with E-state index in [9.17, 15) is 4.79 Å². The van der Waals surface area contributed by atoms with E-state index in [1.54, 1.807) is 12.4 Å². The molecule has 1 spiro atoms. The van der Waals surface area contributed by atoms with E-state index in [4.69, 9.17) is 4.42 Å². The molecule has 1 aliphatic carbocycles. The number of rotatable bonds is 4. The van der Waals surface area contributed by atoms with Crippen LogP contribution in [0, 0.1) is 5.41 Å². The summed E-state index contributed by atoms with van der Waals surface area (Å²) in [4.78, 5) is 18.8. The number of anilines is 1. The summed E-state index contributed by atoms with van der Waals surface area (Å²) >= 11 is 0. The van der Waals surface area contributed by atoms with Gasteiger partial charge in [-0.3, -0.25) is 9.78 Å². The number of nitrogens with one attached hydrogen (secondary N) is 1. The van der Waals surface area contributed by atoms with Gasteiger partial charge in [-0.05, 0) is 61.6 Å². The van der Waals surface area contributed by atoms with Crippen LogP contribution >= 0.6 is 0 Å². The summed E-state index contributed by atoms with van der Waals surface area (Å²) in [6, 6.07) is 7.73. The minimum absolute atomic E-state index is 0.0898. The number of hydrogen-bond donors (Lipinski definition) is 1. The Morgan fingerprint density at radius 2 is 1.96 bits per heavy atom. The van der Waals surface area contributed by atoms with Crippen molar-refractivity contribution in [3.8, 4) is 11.5 Å². The first-order valence-corrected chi connectivity index (χ1v) is 9.85. The highest BCUT2D eigenvalue weighted by molar-refractivity contribution is 5.85. The first kappa shape index (κ1) is 17.2. The second-order valence-corrected chi connectivity index (χ2v) is 8.04. The maximum atomic E-state index is 12.7. The first-order valence-electron chi connectivity index (χ1n) is 9.85. The van der Waals surface area contributed by atoms with Crippen LogP contribution in [-0.4, -0.2) is 45.1 Å². The monoisotopic (exact) mass is 377 g/mol. The van der Waals surface area contributed by atoms with E-state index in [1.807, 2.05) is 36.1 Å². The number of likely N-dealkylation sites (tertiary alicyclic amines) is 1. The van der Waals surface area contributed by atoms with Gasteiger partial charge < -0.3 is 14.6 Å². The predicted octanol–water partition coefficient (Wildman–Crippen LogP) is 3.49. The number of nitrogens with zero attached hydrogens (tertiary/aromatic N) is 4. The molecule has 0 radical (unpaired) electrons. The minimum Gasteiger partial charge on any atom is -0.403 e. The molecule has 5 rings (SSSR count). The van der Waals surface area contributed by atoms with Crippen molar-refractivity contribution in [2.24, 2.45) is 5.41 Å². The number of hydrogen-bond acceptors (Lipinski definition) is 6. The van der Waals surface area contributed by atoms with Gasteiger partial charge in [0.1, 0.15) is 6.04 Å². The SMILES string of the molecule is C[C@H](Nc1nnc(-c2ccc3ccncc3c2)o1)C(=O)N1CCC2(CC1)CC2. The van der Waals surface area contributed by atoms with Crippen LogP contribution in [0.1, 0.15) is 32.6 Å². The number of benzene rings is 1. The van der Waals surface area contributed by atoms with Crippen LogP contribution in [0.15, 0.2) is 41.1 Å². The highest BCUT2D eigenvalue weighted by Crippen LogP contribution is 2.53. The zero-order valence-corrected chi connectivity index (χ0v) is 15.9. The Morgan fingerprint density at radius 1 is 1.14 bits per heavy atom. The van der Waals surface area contributed by atoms with Gasteiger partial charge in [-0.25, -0.2) is 0 Å². The molecule has 1 aliphatic heterocycles. The molecule has 1 amide bonds. The molecule has 7 heteroatoms. The average molecular weight is 377 g/mol. The van der Waals surface area contributed by atoms with Crippen LogP contribution in [0.25, 0.3) is 22.2 Å². The topological polar surface area (TPSA) is 84.1 Å². The zero-order valence-electron chi connectivity index (χ0n) is 15.9. The van der Waals surface area contributed by atoms with E-state index in [0.717, 1.165) is 42.3 Å². The molecule has 3 aromatic rings. The number of piperidine rings is 1. The standard InChI is InChI=1S/C21H23N5O2/c1-14(19(27)26-10-7-21(5-6-21)8-11-26)23-20-25-24-18(28-20)16-3-2-15-4-9-22-13-17(15)12-16/h2-4,9,12-14H,5-8,10-11H2,1H3,(H,23,25)/t14-/m0/s1. The maximum absolute atomic E-state index is 12.7. The van der Waals surface area contributed by atoms with E-state index < -0.39 is 6.04 Å². The molecule has 144 valence electrons. The Balaban J connectivity index is 1.25. The van der Waals surface area contributed by atoms with Crippen LogP contribution in [0.3, 0.4) is 0 Å². The number of carbonyl (C=O) groups excluding carboxylic acids is 1. The number of amides is 1. The average Bonchev–Trinajstić information content (AvgIpc) is 3.31. The third-order valence-corrected chi connectivity index (χ3v) is 6.12. The van der Waals surface area contributed by atoms with E-state index >= 15 is 0 Å². The van der Waals surface area contributed by atoms with Crippen molar-refractivity contribution in [3.63, 3.8) is 0 Å². The summed E-state index contributed by atoms with van der Waals surface area (Å²) < 4.78 is 5.75. The molecule has 1 aromatic carbocycles. The van der Waals surface area contributed by atoms with E-state index in [2.05, 4.69) is 20.5 Å². The molecule has 1 N–H and O–H groups in total. The van der Waals surface area contributed by atoms with Gasteiger partial charge in [0.05, 0.1) is 0 Å². The van der Waals surface area contributed by atoms with Crippen LogP contribution in [0.2, 0.25) is 0 Å². The lowest BCUT2D eigenvalue weighted by atomic mass is 9.93. The fourth-order valence-corrected chi connectivity index (χ4v) is 4.02. The minimum atomic E-state index is -0.401. The summed E-state index contributed by atoms with van der Waals surface area (Å²) in [5.74, 6) is 0.508. The third-order valence-electron chi connectivity index (χ3n) is 6.12. The molecule has 2 aromatic heterocycles. The maximum Gasteiger partial charge on any atom is 0.316 e. The van der Waals surface area contributed by atoms with Crippen LogP contribution in [0.5, 0.6) is 0 Å². The summed E-state index contributed by atoms with van der Waals surface area (Å²) in [5, 5.41) is 13.4. The third kappa shape index (κ3) is 3.21. The van der Waals surface area contributed by atoms with Crippen molar-refractivity contribution in [2.75, 3.05) is 18.4 Å². The Hall–Kier alpha value is -2.96. The molecular formula is C21H23N5O2. The van der Waals surface area contributed by atoms with Crippen molar-refractivity contribution >= 4 is 22.7 Å². The van der Waals surface area contributed by atoms with E-state index in [1.165, 1.54) is 12.8 Å². The normalized spacial score (nSPS) is 19.0. The van der Waals surface area contributed by atoms with Gasteiger partial charge in [0, 0.05) is 36.4 Å². The fourth-order valence-electron chi connectivity index (χ4n) is 4.02. The Labute approximate surface area is 163 Å². The van der Waals surface area contributed by atoms with Gasteiger partial charge in [0.25, 0.3) is 0 Å². The molecule has 0 unspecified atom stereocenters. The van der Waals surface area contributed by atoms with Gasteiger partial charge in [-0.15, -0.1) is 5.10 Å². The molecule has 0 bridgehead atoms. The lowest BCUT2D eigenvalue weighted by Gasteiger charge is -2.33. The summed E-state index contributed by atoms with van der Waals surface area (Å²) in [6.45, 7) is 3.55. The molecule has 28 heavy (non-hydrogen) atoms. The molecular weight excluding hydrogens is 354 g/mol. The quantitative estimate of drug-likeness (QED) is 0.749. The van der Waals surface area contributed by atoms with Gasteiger partial charge >= 0.3 is 6.01 Å². The van der Waals surface area contributed by atoms with Gasteiger partial charge in [0.2, 0.25) is 11.8 Å². The van der Waals surface area contributed by atoms with Crippen molar-refractivity contribution < 1.29 is 9.21 Å². The summed E-state index contributed by atoms with van der Waals surface area (Å²) in [5.41, 5.74) is 1.38. The summed E-state index contributed by atoms with van der Waals surface area (Å²) in [6.07, 6.45) is 8.50. The second-order valence-electron chi connectivity index (χ2n) is 8.04. The number of aromatic nitrogens is 3. The molecule has 2 fully saturated rings. The highest BCUT2D eigenvalue weighted by atomic mass is 16.4. The number of pyridine rings is 1. The first-order chi connectivity index (χ1) is 13.6. The van der Waals surface area contributed by atoms with E-state index in [-0.39, 0.29) is 11.9 Å². The molecule has 2 aliphatic rings. The van der Waals surface area contributed by atoms with Crippen molar-refractivity contribution in [1.29, 1.82) is 0 Å². The van der Waals surface area contributed by atoms with Crippen molar-refractivity contribution in [1.82, 2.24) is 20.1 Å². The largest absolute Gasteiger partial charge is 0.403 e.